The summed E-state index contributed by atoms with van der Waals surface area (Å²) in [5, 5.41) is 0. The minimum absolute atomic E-state index is 0.190. The number of amides is 2. The topological polar surface area (TPSA) is 101 Å². The summed E-state index contributed by atoms with van der Waals surface area (Å²) in [6, 6.07) is 4.98. The van der Waals surface area contributed by atoms with E-state index in [9.17, 15) is 22.8 Å². The van der Waals surface area contributed by atoms with Gasteiger partial charge in [-0.15, -0.1) is 0 Å². The number of piperidine rings is 1. The number of rotatable bonds is 5. The minimum atomic E-state index is -3.63. The SMILES string of the molecule is COC(=O)C1CCN(S(=O)(=O)CCN2C(=O)c3ccc(C)cc3C2=O)CC1. The van der Waals surface area contributed by atoms with E-state index in [0.29, 0.717) is 24.0 Å². The van der Waals surface area contributed by atoms with Gasteiger partial charge >= 0.3 is 5.97 Å². The van der Waals surface area contributed by atoms with E-state index in [1.807, 2.05) is 6.92 Å². The van der Waals surface area contributed by atoms with E-state index >= 15 is 0 Å². The van der Waals surface area contributed by atoms with Crippen LogP contribution in [0.2, 0.25) is 0 Å². The molecule has 0 atom stereocenters. The smallest absolute Gasteiger partial charge is 0.308 e. The highest BCUT2D eigenvalue weighted by Gasteiger charge is 2.37. The molecule has 2 aliphatic heterocycles. The molecule has 2 heterocycles. The molecule has 0 spiro atoms. The standard InChI is InChI=1S/C18H22N2O6S/c1-12-3-4-14-15(11-12)17(22)20(16(14)21)9-10-27(24,25)19-7-5-13(6-8-19)18(23)26-2/h3-4,11,13H,5-10H2,1-2H3. The lowest BCUT2D eigenvalue weighted by atomic mass is 9.99. The Kier molecular flexibility index (Phi) is 5.34. The molecule has 1 fully saturated rings. The Morgan fingerprint density at radius 1 is 1.15 bits per heavy atom. The molecule has 0 aromatic heterocycles. The lowest BCUT2D eigenvalue weighted by Crippen LogP contribution is -2.44. The molecule has 0 aliphatic carbocycles. The van der Waals surface area contributed by atoms with Crippen LogP contribution in [0.15, 0.2) is 18.2 Å². The molecule has 146 valence electrons. The van der Waals surface area contributed by atoms with Crippen molar-refractivity contribution in [3.63, 3.8) is 0 Å². The first-order chi connectivity index (χ1) is 12.7. The summed E-state index contributed by atoms with van der Waals surface area (Å²) < 4.78 is 31.2. The molecule has 27 heavy (non-hydrogen) atoms. The monoisotopic (exact) mass is 394 g/mol. The zero-order chi connectivity index (χ0) is 19.8. The number of fused-ring (bicyclic) bond motifs is 1. The molecule has 1 aromatic carbocycles. The molecule has 2 aliphatic rings. The van der Waals surface area contributed by atoms with Gasteiger partial charge in [-0.05, 0) is 31.9 Å². The number of hydrogen-bond acceptors (Lipinski definition) is 6. The van der Waals surface area contributed by atoms with E-state index < -0.39 is 21.8 Å². The summed E-state index contributed by atoms with van der Waals surface area (Å²) in [5.41, 5.74) is 1.48. The fourth-order valence-electron chi connectivity index (χ4n) is 3.48. The third-order valence-electron chi connectivity index (χ3n) is 5.08. The normalized spacial score (nSPS) is 18.7. The third-order valence-corrected chi connectivity index (χ3v) is 6.93. The Balaban J connectivity index is 1.62. The van der Waals surface area contributed by atoms with E-state index in [4.69, 9.17) is 4.74 Å². The summed E-state index contributed by atoms with van der Waals surface area (Å²) in [5.74, 6) is -1.87. The zero-order valence-corrected chi connectivity index (χ0v) is 16.1. The van der Waals surface area contributed by atoms with Crippen LogP contribution >= 0.6 is 0 Å². The van der Waals surface area contributed by atoms with Gasteiger partial charge in [0, 0.05) is 19.6 Å². The van der Waals surface area contributed by atoms with E-state index in [1.54, 1.807) is 18.2 Å². The Labute approximate surface area is 158 Å². The van der Waals surface area contributed by atoms with Crippen molar-refractivity contribution >= 4 is 27.8 Å². The lowest BCUT2D eigenvalue weighted by Gasteiger charge is -2.30. The Hall–Kier alpha value is -2.26. The average Bonchev–Trinajstić information content (AvgIpc) is 2.89. The molecule has 0 unspecified atom stereocenters. The van der Waals surface area contributed by atoms with Crippen LogP contribution in [0.5, 0.6) is 0 Å². The van der Waals surface area contributed by atoms with Crippen molar-refractivity contribution in [3.8, 4) is 0 Å². The minimum Gasteiger partial charge on any atom is -0.469 e. The van der Waals surface area contributed by atoms with Gasteiger partial charge in [0.1, 0.15) is 0 Å². The van der Waals surface area contributed by atoms with E-state index in [-0.39, 0.29) is 37.3 Å². The zero-order valence-electron chi connectivity index (χ0n) is 15.3. The van der Waals surface area contributed by atoms with Crippen LogP contribution in [-0.2, 0) is 19.6 Å². The molecule has 2 amide bonds. The Morgan fingerprint density at radius 3 is 2.41 bits per heavy atom. The number of sulfonamides is 1. The molecular formula is C18H22N2O6S. The van der Waals surface area contributed by atoms with Gasteiger partial charge < -0.3 is 4.74 Å². The van der Waals surface area contributed by atoms with Crippen LogP contribution in [0.3, 0.4) is 0 Å². The molecule has 0 radical (unpaired) electrons. The van der Waals surface area contributed by atoms with Gasteiger partial charge in [-0.1, -0.05) is 11.6 Å². The van der Waals surface area contributed by atoms with Crippen molar-refractivity contribution in [2.45, 2.75) is 19.8 Å². The largest absolute Gasteiger partial charge is 0.469 e. The highest BCUT2D eigenvalue weighted by molar-refractivity contribution is 7.89. The van der Waals surface area contributed by atoms with Gasteiger partial charge in [-0.25, -0.2) is 12.7 Å². The van der Waals surface area contributed by atoms with Crippen molar-refractivity contribution in [3.05, 3.63) is 34.9 Å². The predicted octanol–water partition coefficient (Wildman–Crippen LogP) is 0.806. The first kappa shape index (κ1) is 19.5. The number of carbonyl (C=O) groups excluding carboxylic acids is 3. The predicted molar refractivity (Wildman–Crippen MR) is 96.6 cm³/mol. The van der Waals surface area contributed by atoms with Crippen LogP contribution < -0.4 is 0 Å². The van der Waals surface area contributed by atoms with Crippen LogP contribution in [0.25, 0.3) is 0 Å². The second-order valence-electron chi connectivity index (χ2n) is 6.82. The first-order valence-corrected chi connectivity index (χ1v) is 10.4. The van der Waals surface area contributed by atoms with Gasteiger partial charge in [0.25, 0.3) is 11.8 Å². The van der Waals surface area contributed by atoms with E-state index in [0.717, 1.165) is 10.5 Å². The molecule has 0 bridgehead atoms. The van der Waals surface area contributed by atoms with Crippen LogP contribution in [-0.4, -0.2) is 67.9 Å². The van der Waals surface area contributed by atoms with Crippen molar-refractivity contribution in [1.82, 2.24) is 9.21 Å². The summed E-state index contributed by atoms with van der Waals surface area (Å²) in [4.78, 5) is 37.4. The maximum absolute atomic E-state index is 12.6. The second kappa shape index (κ2) is 7.40. The molecule has 9 heteroatoms. The quantitative estimate of drug-likeness (QED) is 0.541. The van der Waals surface area contributed by atoms with Crippen LogP contribution in [0.1, 0.15) is 39.1 Å². The maximum atomic E-state index is 12.6. The molecular weight excluding hydrogens is 372 g/mol. The maximum Gasteiger partial charge on any atom is 0.308 e. The van der Waals surface area contributed by atoms with Crippen molar-refractivity contribution < 1.29 is 27.5 Å². The Bertz CT molecular complexity index is 887. The van der Waals surface area contributed by atoms with Gasteiger partial charge in [0.05, 0.1) is 29.9 Å². The number of ether oxygens (including phenoxy) is 1. The molecule has 8 nitrogen and oxygen atoms in total. The molecule has 0 saturated carbocycles. The van der Waals surface area contributed by atoms with Gasteiger partial charge in [-0.2, -0.15) is 0 Å². The first-order valence-electron chi connectivity index (χ1n) is 8.77. The number of benzene rings is 1. The van der Waals surface area contributed by atoms with E-state index in [2.05, 4.69) is 0 Å². The number of carbonyl (C=O) groups is 3. The molecule has 3 rings (SSSR count). The van der Waals surface area contributed by atoms with E-state index in [1.165, 1.54) is 11.4 Å². The fraction of sp³-hybridized carbons (Fsp3) is 0.500. The van der Waals surface area contributed by atoms with Crippen molar-refractivity contribution in [2.24, 2.45) is 5.92 Å². The highest BCUT2D eigenvalue weighted by atomic mass is 32.2. The van der Waals surface area contributed by atoms with Crippen LogP contribution in [0.4, 0.5) is 0 Å². The average molecular weight is 394 g/mol. The molecule has 0 N–H and O–H groups in total. The molecule has 1 aromatic rings. The Morgan fingerprint density at radius 2 is 1.78 bits per heavy atom. The number of imide groups is 1. The lowest BCUT2D eigenvalue weighted by molar-refractivity contribution is -0.146. The van der Waals surface area contributed by atoms with Gasteiger partial charge in [-0.3, -0.25) is 19.3 Å². The van der Waals surface area contributed by atoms with Gasteiger partial charge in [0.15, 0.2) is 0 Å². The third kappa shape index (κ3) is 3.74. The number of aryl methyl sites for hydroxylation is 1. The summed E-state index contributed by atoms with van der Waals surface area (Å²) >= 11 is 0. The number of nitrogens with zero attached hydrogens (tertiary/aromatic N) is 2. The summed E-state index contributed by atoms with van der Waals surface area (Å²) in [7, 11) is -2.32. The summed E-state index contributed by atoms with van der Waals surface area (Å²) in [6.07, 6.45) is 0.802. The summed E-state index contributed by atoms with van der Waals surface area (Å²) in [6.45, 7) is 2.08. The number of hydrogen-bond donors (Lipinski definition) is 0. The molecule has 1 saturated heterocycles. The van der Waals surface area contributed by atoms with Gasteiger partial charge in [0.2, 0.25) is 10.0 Å². The van der Waals surface area contributed by atoms with Crippen molar-refractivity contribution in [2.75, 3.05) is 32.5 Å². The fourth-order valence-corrected chi connectivity index (χ4v) is 4.92. The highest BCUT2D eigenvalue weighted by Crippen LogP contribution is 2.25. The van der Waals surface area contributed by atoms with Crippen LogP contribution in [0, 0.1) is 12.8 Å². The second-order valence-corrected chi connectivity index (χ2v) is 8.91. The number of esters is 1. The van der Waals surface area contributed by atoms with Crippen molar-refractivity contribution in [1.29, 1.82) is 0 Å². The number of methoxy groups -OCH3 is 1.